The van der Waals surface area contributed by atoms with E-state index in [1.54, 1.807) is 16.9 Å². The number of aromatic nitrogens is 2. The number of furan rings is 1. The summed E-state index contributed by atoms with van der Waals surface area (Å²) in [6.07, 6.45) is 7.73. The largest absolute Gasteiger partial charge is 0.458 e. The number of hydrogen-bond acceptors (Lipinski definition) is 3. The van der Waals surface area contributed by atoms with Gasteiger partial charge in [0.2, 0.25) is 5.58 Å². The molecular formula is C11H12N2O2. The summed E-state index contributed by atoms with van der Waals surface area (Å²) in [7, 11) is 0. The molecule has 1 aliphatic rings. The van der Waals surface area contributed by atoms with Gasteiger partial charge in [0.25, 0.3) is 0 Å². The van der Waals surface area contributed by atoms with Gasteiger partial charge in [0.1, 0.15) is 0 Å². The van der Waals surface area contributed by atoms with Crippen molar-refractivity contribution in [2.24, 2.45) is 0 Å². The highest BCUT2D eigenvalue weighted by Crippen LogP contribution is 2.27. The molecule has 15 heavy (non-hydrogen) atoms. The Hall–Kier alpha value is -1.58. The summed E-state index contributed by atoms with van der Waals surface area (Å²) < 4.78 is 6.76. The van der Waals surface area contributed by atoms with E-state index in [9.17, 15) is 4.79 Å². The first-order valence-corrected chi connectivity index (χ1v) is 5.31. The average Bonchev–Trinajstić information content (AvgIpc) is 2.87. The van der Waals surface area contributed by atoms with E-state index in [0.717, 1.165) is 18.2 Å². The summed E-state index contributed by atoms with van der Waals surface area (Å²) in [5.41, 5.74) is 0.335. The lowest BCUT2D eigenvalue weighted by atomic mass is 10.2. The molecule has 0 atom stereocenters. The molecule has 0 radical (unpaired) electrons. The van der Waals surface area contributed by atoms with E-state index < -0.39 is 0 Å². The minimum Gasteiger partial charge on any atom is -0.458 e. The van der Waals surface area contributed by atoms with Crippen LogP contribution in [0.2, 0.25) is 0 Å². The smallest absolute Gasteiger partial charge is 0.310 e. The maximum absolute atomic E-state index is 12.0. The van der Waals surface area contributed by atoms with Crippen molar-refractivity contribution in [1.29, 1.82) is 0 Å². The summed E-state index contributed by atoms with van der Waals surface area (Å²) in [5.74, 6) is 0. The molecule has 0 aliphatic heterocycles. The molecule has 2 aromatic heterocycles. The predicted molar refractivity (Wildman–Crippen MR) is 55.8 cm³/mol. The highest BCUT2D eigenvalue weighted by molar-refractivity contribution is 5.74. The van der Waals surface area contributed by atoms with Gasteiger partial charge in [0, 0.05) is 5.39 Å². The van der Waals surface area contributed by atoms with Gasteiger partial charge in [-0.05, 0) is 18.9 Å². The van der Waals surface area contributed by atoms with Crippen LogP contribution in [0.3, 0.4) is 0 Å². The van der Waals surface area contributed by atoms with Gasteiger partial charge in [-0.3, -0.25) is 4.79 Å². The third kappa shape index (κ3) is 1.28. The molecule has 0 spiro atoms. The molecule has 2 aromatic rings. The summed E-state index contributed by atoms with van der Waals surface area (Å²) in [4.78, 5) is 12.0. The van der Waals surface area contributed by atoms with Crippen molar-refractivity contribution >= 4 is 11.0 Å². The molecule has 0 bridgehead atoms. The van der Waals surface area contributed by atoms with Crippen LogP contribution < -0.4 is 5.56 Å². The van der Waals surface area contributed by atoms with Gasteiger partial charge in [-0.2, -0.15) is 5.10 Å². The Morgan fingerprint density at radius 3 is 3.00 bits per heavy atom. The van der Waals surface area contributed by atoms with Crippen LogP contribution in [0.5, 0.6) is 0 Å². The number of fused-ring (bicyclic) bond motifs is 1. The van der Waals surface area contributed by atoms with Crippen molar-refractivity contribution in [2.45, 2.75) is 31.7 Å². The molecule has 78 valence electrons. The first kappa shape index (κ1) is 8.71. The Bertz CT molecular complexity index is 535. The molecule has 0 amide bonds. The van der Waals surface area contributed by atoms with Gasteiger partial charge in [0.05, 0.1) is 18.5 Å². The average molecular weight is 204 g/mol. The molecule has 1 saturated carbocycles. The van der Waals surface area contributed by atoms with Gasteiger partial charge in [0.15, 0.2) is 0 Å². The molecule has 0 aromatic carbocycles. The standard InChI is InChI=1S/C11H12N2O2/c14-11-10-8(5-6-15-10)7-12-13(11)9-3-1-2-4-9/h5-7,9H,1-4H2. The van der Waals surface area contributed by atoms with E-state index in [1.165, 1.54) is 19.1 Å². The zero-order valence-electron chi connectivity index (χ0n) is 8.35. The van der Waals surface area contributed by atoms with E-state index in [0.29, 0.717) is 5.58 Å². The topological polar surface area (TPSA) is 48.0 Å². The van der Waals surface area contributed by atoms with Crippen molar-refractivity contribution in [2.75, 3.05) is 0 Å². The summed E-state index contributed by atoms with van der Waals surface area (Å²) in [6.45, 7) is 0. The number of nitrogens with zero attached hydrogens (tertiary/aromatic N) is 2. The van der Waals surface area contributed by atoms with Gasteiger partial charge in [-0.1, -0.05) is 12.8 Å². The van der Waals surface area contributed by atoms with E-state index in [2.05, 4.69) is 5.10 Å². The van der Waals surface area contributed by atoms with Crippen molar-refractivity contribution in [1.82, 2.24) is 9.78 Å². The summed E-state index contributed by atoms with van der Waals surface area (Å²) in [5, 5.41) is 4.99. The van der Waals surface area contributed by atoms with E-state index >= 15 is 0 Å². The minimum absolute atomic E-state index is 0.0931. The fraction of sp³-hybridized carbons (Fsp3) is 0.455. The Balaban J connectivity index is 2.18. The molecule has 4 heteroatoms. The Morgan fingerprint density at radius 1 is 1.40 bits per heavy atom. The van der Waals surface area contributed by atoms with Crippen molar-refractivity contribution < 1.29 is 4.42 Å². The lowest BCUT2D eigenvalue weighted by molar-refractivity contribution is 0.441. The first-order valence-electron chi connectivity index (χ1n) is 5.31. The van der Waals surface area contributed by atoms with E-state index in [4.69, 9.17) is 4.42 Å². The lowest BCUT2D eigenvalue weighted by Gasteiger charge is -2.10. The van der Waals surface area contributed by atoms with Crippen LogP contribution in [-0.4, -0.2) is 9.78 Å². The molecule has 0 unspecified atom stereocenters. The maximum atomic E-state index is 12.0. The predicted octanol–water partition coefficient (Wildman–Crippen LogP) is 2.10. The first-order chi connectivity index (χ1) is 7.36. The summed E-state index contributed by atoms with van der Waals surface area (Å²) in [6, 6.07) is 2.04. The molecule has 1 aliphatic carbocycles. The van der Waals surface area contributed by atoms with Crippen LogP contribution >= 0.6 is 0 Å². The second-order valence-electron chi connectivity index (χ2n) is 4.04. The van der Waals surface area contributed by atoms with Crippen LogP contribution in [0.1, 0.15) is 31.7 Å². The molecule has 2 heterocycles. The van der Waals surface area contributed by atoms with Crippen molar-refractivity contribution in [3.8, 4) is 0 Å². The van der Waals surface area contributed by atoms with Crippen molar-refractivity contribution in [3.63, 3.8) is 0 Å². The Kier molecular flexibility index (Phi) is 1.87. The molecule has 0 N–H and O–H groups in total. The zero-order valence-corrected chi connectivity index (χ0v) is 8.35. The SMILES string of the molecule is O=c1c2occc2cnn1C1CCCC1. The third-order valence-electron chi connectivity index (χ3n) is 3.09. The van der Waals surface area contributed by atoms with Crippen LogP contribution in [-0.2, 0) is 0 Å². The minimum atomic E-state index is -0.0931. The third-order valence-corrected chi connectivity index (χ3v) is 3.09. The van der Waals surface area contributed by atoms with Crippen LogP contribution in [0.25, 0.3) is 11.0 Å². The molecule has 0 saturated heterocycles. The van der Waals surface area contributed by atoms with E-state index in [-0.39, 0.29) is 11.6 Å². The zero-order chi connectivity index (χ0) is 10.3. The van der Waals surface area contributed by atoms with Gasteiger partial charge < -0.3 is 4.42 Å². The summed E-state index contributed by atoms with van der Waals surface area (Å²) >= 11 is 0. The second-order valence-corrected chi connectivity index (χ2v) is 4.04. The number of rotatable bonds is 1. The quantitative estimate of drug-likeness (QED) is 0.714. The monoisotopic (exact) mass is 204 g/mol. The van der Waals surface area contributed by atoms with Gasteiger partial charge in [-0.25, -0.2) is 4.68 Å². The van der Waals surface area contributed by atoms with Crippen molar-refractivity contribution in [3.05, 3.63) is 28.9 Å². The molecule has 3 rings (SSSR count). The fourth-order valence-electron chi connectivity index (χ4n) is 2.28. The van der Waals surface area contributed by atoms with Crippen LogP contribution in [0, 0.1) is 0 Å². The molecule has 4 nitrogen and oxygen atoms in total. The van der Waals surface area contributed by atoms with E-state index in [1.807, 2.05) is 0 Å². The Morgan fingerprint density at radius 2 is 2.20 bits per heavy atom. The maximum Gasteiger partial charge on any atom is 0.310 e. The molecular weight excluding hydrogens is 192 g/mol. The van der Waals surface area contributed by atoms with Crippen LogP contribution in [0.15, 0.2) is 27.7 Å². The second kappa shape index (κ2) is 3.22. The van der Waals surface area contributed by atoms with Gasteiger partial charge in [-0.15, -0.1) is 0 Å². The van der Waals surface area contributed by atoms with Crippen LogP contribution in [0.4, 0.5) is 0 Å². The lowest BCUT2D eigenvalue weighted by Crippen LogP contribution is -2.25. The molecule has 1 fully saturated rings. The highest BCUT2D eigenvalue weighted by Gasteiger charge is 2.20. The fourth-order valence-corrected chi connectivity index (χ4v) is 2.28. The highest BCUT2D eigenvalue weighted by atomic mass is 16.3. The number of hydrogen-bond donors (Lipinski definition) is 0. The normalized spacial score (nSPS) is 17.6. The Labute approximate surface area is 86.5 Å². The van der Waals surface area contributed by atoms with Gasteiger partial charge >= 0.3 is 5.56 Å².